The number of rotatable bonds is 1. The quantitative estimate of drug-likeness (QED) is 0.682. The van der Waals surface area contributed by atoms with Crippen molar-refractivity contribution in [3.63, 3.8) is 0 Å². The number of hydrogen-bond acceptors (Lipinski definition) is 4. The zero-order valence-corrected chi connectivity index (χ0v) is 14.9. The molecule has 1 N–H and O–H groups in total. The normalized spacial score (nSPS) is 16.0. The first kappa shape index (κ1) is 21.6. The highest BCUT2D eigenvalue weighted by Crippen LogP contribution is 2.45. The van der Waals surface area contributed by atoms with Gasteiger partial charge in [0.2, 0.25) is 0 Å². The summed E-state index contributed by atoms with van der Waals surface area (Å²) >= 11 is 0. The third kappa shape index (κ3) is 4.42. The van der Waals surface area contributed by atoms with Crippen molar-refractivity contribution in [2.45, 2.75) is 38.7 Å². The minimum Gasteiger partial charge on any atom is -0.505 e. The van der Waals surface area contributed by atoms with E-state index in [1.165, 1.54) is 20.8 Å². The third-order valence-corrected chi connectivity index (χ3v) is 3.64. The Morgan fingerprint density at radius 2 is 1.61 bits per heavy atom. The maximum Gasteiger partial charge on any atom is 0.420 e. The Morgan fingerprint density at radius 1 is 1.04 bits per heavy atom. The van der Waals surface area contributed by atoms with Crippen LogP contribution < -0.4 is 4.90 Å². The molecule has 12 heteroatoms. The fraction of sp³-hybridized carbons (Fsp3) is 0.500. The molecule has 6 nitrogen and oxygen atoms in total. The predicted octanol–water partition coefficient (Wildman–Crippen LogP) is 4.61. The van der Waals surface area contributed by atoms with Gasteiger partial charge in [-0.05, 0) is 32.9 Å². The molecule has 0 unspecified atom stereocenters. The van der Waals surface area contributed by atoms with E-state index in [0.29, 0.717) is 9.80 Å². The van der Waals surface area contributed by atoms with Crippen molar-refractivity contribution >= 4 is 17.8 Å². The molecule has 0 aliphatic carbocycles. The molecule has 0 aromatic heterocycles. The number of amides is 3. The van der Waals surface area contributed by atoms with Crippen LogP contribution in [-0.4, -0.2) is 40.8 Å². The number of imide groups is 1. The van der Waals surface area contributed by atoms with Crippen LogP contribution in [-0.2, 0) is 17.1 Å². The van der Waals surface area contributed by atoms with Crippen molar-refractivity contribution in [1.29, 1.82) is 0 Å². The first-order valence-corrected chi connectivity index (χ1v) is 7.86. The first-order chi connectivity index (χ1) is 12.5. The van der Waals surface area contributed by atoms with Gasteiger partial charge in [-0.25, -0.2) is 14.5 Å². The summed E-state index contributed by atoms with van der Waals surface area (Å²) < 4.78 is 83.2. The van der Waals surface area contributed by atoms with Crippen LogP contribution >= 0.6 is 0 Å². The number of nitrogens with zero attached hydrogens (tertiary/aromatic N) is 2. The number of urea groups is 1. The molecule has 1 fully saturated rings. The van der Waals surface area contributed by atoms with Crippen molar-refractivity contribution in [3.8, 4) is 5.75 Å². The topological polar surface area (TPSA) is 70.1 Å². The average molecular weight is 414 g/mol. The SMILES string of the molecule is CC(C)(C)OC(=O)N1CCN(c2cc(C(F)(F)F)cc(C(F)(F)F)c2O)C1=O. The number of carbonyl (C=O) groups excluding carboxylic acids is 2. The molecular weight excluding hydrogens is 398 g/mol. The molecule has 0 radical (unpaired) electrons. The minimum atomic E-state index is -5.30. The molecule has 1 aromatic carbocycles. The van der Waals surface area contributed by atoms with Crippen molar-refractivity contribution in [1.82, 2.24) is 4.90 Å². The third-order valence-electron chi connectivity index (χ3n) is 3.64. The van der Waals surface area contributed by atoms with Gasteiger partial charge in [0.1, 0.15) is 5.60 Å². The number of halogens is 6. The molecule has 1 aliphatic heterocycles. The number of anilines is 1. The Hall–Kier alpha value is -2.66. The number of phenols is 1. The van der Waals surface area contributed by atoms with Crippen LogP contribution in [0.5, 0.6) is 5.75 Å². The van der Waals surface area contributed by atoms with Crippen LogP contribution in [0.3, 0.4) is 0 Å². The molecule has 156 valence electrons. The molecule has 28 heavy (non-hydrogen) atoms. The van der Waals surface area contributed by atoms with Crippen LogP contribution in [0, 0.1) is 0 Å². The summed E-state index contributed by atoms with van der Waals surface area (Å²) in [7, 11) is 0. The van der Waals surface area contributed by atoms with Gasteiger partial charge in [0, 0.05) is 6.54 Å². The predicted molar refractivity (Wildman–Crippen MR) is 83.8 cm³/mol. The van der Waals surface area contributed by atoms with Gasteiger partial charge in [0.15, 0.2) is 5.75 Å². The van der Waals surface area contributed by atoms with E-state index >= 15 is 0 Å². The number of benzene rings is 1. The highest BCUT2D eigenvalue weighted by atomic mass is 19.4. The monoisotopic (exact) mass is 414 g/mol. The number of hydrogen-bond donors (Lipinski definition) is 1. The average Bonchev–Trinajstić information content (AvgIpc) is 2.85. The van der Waals surface area contributed by atoms with Gasteiger partial charge < -0.3 is 9.84 Å². The van der Waals surface area contributed by atoms with Gasteiger partial charge in [-0.1, -0.05) is 0 Å². The Morgan fingerprint density at radius 3 is 2.07 bits per heavy atom. The molecule has 0 saturated carbocycles. The summed E-state index contributed by atoms with van der Waals surface area (Å²) in [6.07, 6.45) is -11.6. The van der Waals surface area contributed by atoms with E-state index in [9.17, 15) is 41.0 Å². The largest absolute Gasteiger partial charge is 0.505 e. The second kappa shape index (κ2) is 6.74. The summed E-state index contributed by atoms with van der Waals surface area (Å²) in [5.41, 5.74) is -5.62. The molecule has 3 amide bonds. The van der Waals surface area contributed by atoms with Gasteiger partial charge in [-0.2, -0.15) is 26.3 Å². The summed E-state index contributed by atoms with van der Waals surface area (Å²) in [5.74, 6) is -1.54. The fourth-order valence-corrected chi connectivity index (χ4v) is 2.45. The highest BCUT2D eigenvalue weighted by molar-refractivity contribution is 6.04. The van der Waals surface area contributed by atoms with E-state index in [0.717, 1.165) is 0 Å². The molecule has 1 heterocycles. The number of phenolic OH excluding ortho intramolecular Hbond substituents is 1. The van der Waals surface area contributed by atoms with E-state index in [1.807, 2.05) is 0 Å². The highest BCUT2D eigenvalue weighted by Gasteiger charge is 2.43. The van der Waals surface area contributed by atoms with Gasteiger partial charge in [0.05, 0.1) is 23.4 Å². The zero-order chi connectivity index (χ0) is 21.7. The van der Waals surface area contributed by atoms with Crippen LogP contribution in [0.1, 0.15) is 31.9 Å². The van der Waals surface area contributed by atoms with Gasteiger partial charge >= 0.3 is 24.5 Å². The smallest absolute Gasteiger partial charge is 0.420 e. The lowest BCUT2D eigenvalue weighted by molar-refractivity contribution is -0.143. The van der Waals surface area contributed by atoms with Crippen LogP contribution in [0.15, 0.2) is 12.1 Å². The molecule has 0 atom stereocenters. The summed E-state index contributed by atoms with van der Waals surface area (Å²) in [6.45, 7) is 3.77. The molecule has 2 rings (SSSR count). The Labute approximate surface area is 155 Å². The van der Waals surface area contributed by atoms with Crippen molar-refractivity contribution in [3.05, 3.63) is 23.3 Å². The number of alkyl halides is 6. The molecule has 0 spiro atoms. The van der Waals surface area contributed by atoms with E-state index in [-0.39, 0.29) is 18.7 Å². The molecule has 1 aliphatic rings. The van der Waals surface area contributed by atoms with Gasteiger partial charge in [0.25, 0.3) is 0 Å². The van der Waals surface area contributed by atoms with E-state index in [2.05, 4.69) is 0 Å². The summed E-state index contributed by atoms with van der Waals surface area (Å²) in [4.78, 5) is 25.4. The Balaban J connectivity index is 2.48. The first-order valence-electron chi connectivity index (χ1n) is 7.86. The molecule has 0 bridgehead atoms. The van der Waals surface area contributed by atoms with Crippen molar-refractivity contribution < 1.29 is 45.8 Å². The summed E-state index contributed by atoms with van der Waals surface area (Å²) in [6, 6.07) is -1.23. The molecule has 1 aromatic rings. The molecular formula is C16H16F6N2O4. The molecule has 1 saturated heterocycles. The van der Waals surface area contributed by atoms with Crippen LogP contribution in [0.4, 0.5) is 41.6 Å². The second-order valence-corrected chi connectivity index (χ2v) is 6.95. The van der Waals surface area contributed by atoms with Crippen LogP contribution in [0.2, 0.25) is 0 Å². The number of ether oxygens (including phenoxy) is 1. The lowest BCUT2D eigenvalue weighted by atomic mass is 10.1. The van der Waals surface area contributed by atoms with E-state index in [4.69, 9.17) is 4.74 Å². The maximum atomic E-state index is 13.1. The second-order valence-electron chi connectivity index (χ2n) is 6.95. The van der Waals surface area contributed by atoms with Crippen LogP contribution in [0.25, 0.3) is 0 Å². The zero-order valence-electron chi connectivity index (χ0n) is 14.9. The van der Waals surface area contributed by atoms with Gasteiger partial charge in [-0.3, -0.25) is 4.90 Å². The van der Waals surface area contributed by atoms with Crippen molar-refractivity contribution in [2.24, 2.45) is 0 Å². The van der Waals surface area contributed by atoms with Gasteiger partial charge in [-0.15, -0.1) is 0 Å². The number of carbonyl (C=O) groups is 2. The Bertz CT molecular complexity index is 798. The van der Waals surface area contributed by atoms with E-state index < -0.39 is 59.2 Å². The standard InChI is InChI=1S/C16H16F6N2O4/c1-14(2,3)28-13(27)24-5-4-23(12(24)26)10-7-8(15(17,18)19)6-9(11(10)25)16(20,21)22/h6-7,25H,4-5H2,1-3H3. The lowest BCUT2D eigenvalue weighted by Crippen LogP contribution is -2.40. The fourth-order valence-electron chi connectivity index (χ4n) is 2.45. The Kier molecular flexibility index (Phi) is 5.21. The summed E-state index contributed by atoms with van der Waals surface area (Å²) in [5, 5.41) is 9.89. The van der Waals surface area contributed by atoms with E-state index in [1.54, 1.807) is 0 Å². The lowest BCUT2D eigenvalue weighted by Gasteiger charge is -2.24. The van der Waals surface area contributed by atoms with Crippen molar-refractivity contribution in [2.75, 3.05) is 18.0 Å². The maximum absolute atomic E-state index is 13.1. The number of aromatic hydroxyl groups is 1. The minimum absolute atomic E-state index is 0.223.